The van der Waals surface area contributed by atoms with E-state index in [1.165, 1.54) is 0 Å². The van der Waals surface area contributed by atoms with Crippen molar-refractivity contribution in [1.29, 1.82) is 0 Å². The molecule has 0 unspecified atom stereocenters. The van der Waals surface area contributed by atoms with Gasteiger partial charge in [-0.2, -0.15) is 4.98 Å². The van der Waals surface area contributed by atoms with Crippen LogP contribution in [0, 0.1) is 0 Å². The number of nitrogens with zero attached hydrogens (tertiary/aromatic N) is 2. The quantitative estimate of drug-likeness (QED) is 0.787. The Balaban J connectivity index is 1.71. The highest BCUT2D eigenvalue weighted by Gasteiger charge is 2.08. The summed E-state index contributed by atoms with van der Waals surface area (Å²) in [7, 11) is 0. The highest BCUT2D eigenvalue weighted by molar-refractivity contribution is 6.31. The molecule has 0 aliphatic rings. The predicted octanol–water partition coefficient (Wildman–Crippen LogP) is 4.00. The van der Waals surface area contributed by atoms with E-state index < -0.39 is 0 Å². The fourth-order valence-electron chi connectivity index (χ4n) is 1.81. The summed E-state index contributed by atoms with van der Waals surface area (Å²) in [6.07, 6.45) is 0. The maximum atomic E-state index is 6.08. The fraction of sp³-hybridized carbons (Fsp3) is 0.0667. The molecule has 0 spiro atoms. The molecule has 0 saturated heterocycles. The smallest absolute Gasteiger partial charge is 0.322 e. The lowest BCUT2D eigenvalue weighted by molar-refractivity contribution is 0.432. The molecule has 100 valence electrons. The lowest BCUT2D eigenvalue weighted by atomic mass is 10.2. The van der Waals surface area contributed by atoms with Gasteiger partial charge in [0.1, 0.15) is 0 Å². The van der Waals surface area contributed by atoms with Gasteiger partial charge in [-0.15, -0.1) is 0 Å². The Morgan fingerprint density at radius 3 is 2.55 bits per heavy atom. The molecular formula is C15H12ClN3O. The van der Waals surface area contributed by atoms with E-state index in [4.69, 9.17) is 16.1 Å². The lowest BCUT2D eigenvalue weighted by Gasteiger charge is -2.03. The van der Waals surface area contributed by atoms with Gasteiger partial charge in [0.05, 0.1) is 0 Å². The number of hydrogen-bond donors (Lipinski definition) is 1. The molecule has 20 heavy (non-hydrogen) atoms. The first-order valence-corrected chi connectivity index (χ1v) is 6.57. The molecule has 1 N–H and O–H groups in total. The zero-order valence-electron chi connectivity index (χ0n) is 10.6. The summed E-state index contributed by atoms with van der Waals surface area (Å²) in [5.41, 5.74) is 1.90. The van der Waals surface area contributed by atoms with Crippen molar-refractivity contribution in [2.75, 3.05) is 5.32 Å². The SMILES string of the molecule is Clc1ccccc1CNc1nc(-c2ccccc2)no1. The average Bonchev–Trinajstić information content (AvgIpc) is 2.96. The van der Waals surface area contributed by atoms with Gasteiger partial charge in [-0.05, 0) is 11.6 Å². The average molecular weight is 286 g/mol. The number of benzene rings is 2. The number of nitrogens with one attached hydrogen (secondary N) is 1. The van der Waals surface area contributed by atoms with E-state index >= 15 is 0 Å². The summed E-state index contributed by atoms with van der Waals surface area (Å²) in [6.45, 7) is 0.538. The molecule has 3 aromatic rings. The summed E-state index contributed by atoms with van der Waals surface area (Å²) in [4.78, 5) is 4.29. The summed E-state index contributed by atoms with van der Waals surface area (Å²) in [5.74, 6) is 0.562. The third-order valence-electron chi connectivity index (χ3n) is 2.85. The number of aromatic nitrogens is 2. The molecule has 2 aromatic carbocycles. The van der Waals surface area contributed by atoms with E-state index in [0.29, 0.717) is 23.4 Å². The Morgan fingerprint density at radius 2 is 1.75 bits per heavy atom. The second kappa shape index (κ2) is 5.75. The number of halogens is 1. The van der Waals surface area contributed by atoms with Crippen molar-refractivity contribution in [2.45, 2.75) is 6.54 Å². The number of rotatable bonds is 4. The third-order valence-corrected chi connectivity index (χ3v) is 3.21. The van der Waals surface area contributed by atoms with Crippen LogP contribution in [0.25, 0.3) is 11.4 Å². The predicted molar refractivity (Wildman–Crippen MR) is 78.5 cm³/mol. The topological polar surface area (TPSA) is 51.0 Å². The first-order chi connectivity index (χ1) is 9.83. The van der Waals surface area contributed by atoms with Gasteiger partial charge < -0.3 is 9.84 Å². The highest BCUT2D eigenvalue weighted by Crippen LogP contribution is 2.19. The molecule has 0 amide bonds. The van der Waals surface area contributed by atoms with Gasteiger partial charge in [0.15, 0.2) is 0 Å². The first kappa shape index (κ1) is 12.7. The lowest BCUT2D eigenvalue weighted by Crippen LogP contribution is -2.00. The number of anilines is 1. The van der Waals surface area contributed by atoms with Gasteiger partial charge >= 0.3 is 6.01 Å². The standard InChI is InChI=1S/C15H12ClN3O/c16-13-9-5-4-8-12(13)10-17-15-18-14(19-20-15)11-6-2-1-3-7-11/h1-9H,10H2,(H,17,18,19). The largest absolute Gasteiger partial charge is 0.334 e. The summed E-state index contributed by atoms with van der Waals surface area (Å²) in [6, 6.07) is 17.7. The molecule has 0 bridgehead atoms. The molecule has 0 atom stereocenters. The zero-order chi connectivity index (χ0) is 13.8. The zero-order valence-corrected chi connectivity index (χ0v) is 11.3. The normalized spacial score (nSPS) is 10.4. The van der Waals surface area contributed by atoms with Crippen LogP contribution in [0.1, 0.15) is 5.56 Å². The van der Waals surface area contributed by atoms with Gasteiger partial charge in [-0.1, -0.05) is 65.3 Å². The van der Waals surface area contributed by atoms with Crippen molar-refractivity contribution < 1.29 is 4.52 Å². The molecule has 4 nitrogen and oxygen atoms in total. The minimum absolute atomic E-state index is 0.378. The second-order valence-corrected chi connectivity index (χ2v) is 4.64. The monoisotopic (exact) mass is 285 g/mol. The van der Waals surface area contributed by atoms with Crippen LogP contribution in [0.15, 0.2) is 59.1 Å². The van der Waals surface area contributed by atoms with E-state index in [0.717, 1.165) is 11.1 Å². The Morgan fingerprint density at radius 1 is 1.00 bits per heavy atom. The van der Waals surface area contributed by atoms with Crippen molar-refractivity contribution >= 4 is 17.6 Å². The van der Waals surface area contributed by atoms with Crippen LogP contribution < -0.4 is 5.32 Å². The maximum Gasteiger partial charge on any atom is 0.322 e. The minimum Gasteiger partial charge on any atom is -0.334 e. The van der Waals surface area contributed by atoms with Crippen LogP contribution in [0.3, 0.4) is 0 Å². The van der Waals surface area contributed by atoms with E-state index in [1.54, 1.807) is 0 Å². The van der Waals surface area contributed by atoms with Gasteiger partial charge in [0.2, 0.25) is 5.82 Å². The number of hydrogen-bond acceptors (Lipinski definition) is 4. The van der Waals surface area contributed by atoms with E-state index in [-0.39, 0.29) is 0 Å². The van der Waals surface area contributed by atoms with Crippen LogP contribution in [0.5, 0.6) is 0 Å². The maximum absolute atomic E-state index is 6.08. The molecule has 1 heterocycles. The van der Waals surface area contributed by atoms with Gasteiger partial charge in [0.25, 0.3) is 0 Å². The second-order valence-electron chi connectivity index (χ2n) is 4.23. The summed E-state index contributed by atoms with van der Waals surface area (Å²) >= 11 is 6.08. The van der Waals surface area contributed by atoms with Crippen LogP contribution in [-0.4, -0.2) is 10.1 Å². The van der Waals surface area contributed by atoms with Crippen molar-refractivity contribution in [3.8, 4) is 11.4 Å². The molecule has 0 radical (unpaired) electrons. The van der Waals surface area contributed by atoms with Crippen LogP contribution in [0.4, 0.5) is 6.01 Å². The molecule has 0 saturated carbocycles. The molecule has 0 fully saturated rings. The van der Waals surface area contributed by atoms with E-state index in [9.17, 15) is 0 Å². The molecule has 0 aliphatic carbocycles. The summed E-state index contributed by atoms with van der Waals surface area (Å²) in [5, 5.41) is 7.72. The molecule has 0 aliphatic heterocycles. The van der Waals surface area contributed by atoms with Crippen molar-refractivity contribution in [2.24, 2.45) is 0 Å². The minimum atomic E-state index is 0.378. The van der Waals surface area contributed by atoms with Gasteiger partial charge in [0, 0.05) is 17.1 Å². The Kier molecular flexibility index (Phi) is 3.65. The Hall–Kier alpha value is -2.33. The molecule has 5 heteroatoms. The highest BCUT2D eigenvalue weighted by atomic mass is 35.5. The van der Waals surface area contributed by atoms with Crippen molar-refractivity contribution in [1.82, 2.24) is 10.1 Å². The third kappa shape index (κ3) is 2.81. The Labute approximate surface area is 121 Å². The Bertz CT molecular complexity index is 697. The van der Waals surface area contributed by atoms with E-state index in [1.807, 2.05) is 54.6 Å². The van der Waals surface area contributed by atoms with Crippen LogP contribution in [-0.2, 0) is 6.54 Å². The first-order valence-electron chi connectivity index (χ1n) is 6.19. The fourth-order valence-corrected chi connectivity index (χ4v) is 2.01. The molecule has 1 aromatic heterocycles. The van der Waals surface area contributed by atoms with Crippen molar-refractivity contribution in [3.63, 3.8) is 0 Å². The molecular weight excluding hydrogens is 274 g/mol. The van der Waals surface area contributed by atoms with Gasteiger partial charge in [-0.25, -0.2) is 0 Å². The van der Waals surface area contributed by atoms with E-state index in [2.05, 4.69) is 15.5 Å². The van der Waals surface area contributed by atoms with Crippen LogP contribution in [0.2, 0.25) is 5.02 Å². The molecule has 3 rings (SSSR count). The summed E-state index contributed by atoms with van der Waals surface area (Å²) < 4.78 is 5.17. The van der Waals surface area contributed by atoms with Gasteiger partial charge in [-0.3, -0.25) is 0 Å². The van der Waals surface area contributed by atoms with Crippen molar-refractivity contribution in [3.05, 3.63) is 65.2 Å². The van der Waals surface area contributed by atoms with Crippen LogP contribution >= 0.6 is 11.6 Å².